The first-order valence-corrected chi connectivity index (χ1v) is 7.56. The molecule has 114 valence electrons. The molecule has 1 aliphatic heterocycles. The fourth-order valence-electron chi connectivity index (χ4n) is 2.46. The Kier molecular flexibility index (Phi) is 5.75. The molecule has 0 saturated carbocycles. The van der Waals surface area contributed by atoms with Crippen LogP contribution in [0.1, 0.15) is 25.3 Å². The number of hydrogen-bond donors (Lipinski definition) is 3. The van der Waals surface area contributed by atoms with Crippen LogP contribution in [0.25, 0.3) is 0 Å². The number of hydrogen-bond acceptors (Lipinski definition) is 3. The van der Waals surface area contributed by atoms with Gasteiger partial charge in [0.25, 0.3) is 0 Å². The number of benzene rings is 1. The van der Waals surface area contributed by atoms with Crippen molar-refractivity contribution in [3.05, 3.63) is 29.8 Å². The summed E-state index contributed by atoms with van der Waals surface area (Å²) in [6, 6.07) is 7.74. The Morgan fingerprint density at radius 2 is 2.24 bits per heavy atom. The van der Waals surface area contributed by atoms with Crippen molar-refractivity contribution in [3.63, 3.8) is 0 Å². The Labute approximate surface area is 125 Å². The van der Waals surface area contributed by atoms with Gasteiger partial charge in [-0.2, -0.15) is 0 Å². The Hall–Kier alpha value is -1.88. The lowest BCUT2D eigenvalue weighted by atomic mass is 9.99. The lowest BCUT2D eigenvalue weighted by molar-refractivity contribution is -0.127. The third-order valence-corrected chi connectivity index (χ3v) is 3.71. The predicted octanol–water partition coefficient (Wildman–Crippen LogP) is 1.30. The van der Waals surface area contributed by atoms with Crippen LogP contribution in [0.3, 0.4) is 0 Å². The SMILES string of the molecule is CCc1cccc(NC(=O)CNC(=O)C2CCCNC2)c1. The second-order valence-corrected chi connectivity index (χ2v) is 5.36. The average molecular weight is 289 g/mol. The molecule has 0 spiro atoms. The zero-order valence-electron chi connectivity index (χ0n) is 12.4. The molecule has 1 atom stereocenters. The second kappa shape index (κ2) is 7.78. The van der Waals surface area contributed by atoms with Crippen LogP contribution in [0, 0.1) is 5.92 Å². The summed E-state index contributed by atoms with van der Waals surface area (Å²) in [6.45, 7) is 3.76. The van der Waals surface area contributed by atoms with E-state index < -0.39 is 0 Å². The number of nitrogens with one attached hydrogen (secondary N) is 3. The van der Waals surface area contributed by atoms with E-state index in [1.165, 1.54) is 5.56 Å². The van der Waals surface area contributed by atoms with E-state index >= 15 is 0 Å². The van der Waals surface area contributed by atoms with Crippen LogP contribution < -0.4 is 16.0 Å². The summed E-state index contributed by atoms with van der Waals surface area (Å²) < 4.78 is 0. The van der Waals surface area contributed by atoms with Crippen molar-refractivity contribution >= 4 is 17.5 Å². The number of anilines is 1. The highest BCUT2D eigenvalue weighted by molar-refractivity contribution is 5.94. The summed E-state index contributed by atoms with van der Waals surface area (Å²) in [7, 11) is 0. The van der Waals surface area contributed by atoms with Crippen molar-refractivity contribution in [1.29, 1.82) is 0 Å². The maximum Gasteiger partial charge on any atom is 0.243 e. The first-order chi connectivity index (χ1) is 10.2. The number of piperidine rings is 1. The van der Waals surface area contributed by atoms with Gasteiger partial charge >= 0.3 is 0 Å². The topological polar surface area (TPSA) is 70.2 Å². The third kappa shape index (κ3) is 4.86. The van der Waals surface area contributed by atoms with Gasteiger partial charge in [-0.1, -0.05) is 19.1 Å². The second-order valence-electron chi connectivity index (χ2n) is 5.36. The van der Waals surface area contributed by atoms with E-state index in [0.29, 0.717) is 6.54 Å². The number of rotatable bonds is 5. The van der Waals surface area contributed by atoms with Gasteiger partial charge in [-0.15, -0.1) is 0 Å². The zero-order chi connectivity index (χ0) is 15.1. The molecule has 0 radical (unpaired) electrons. The molecule has 1 aliphatic rings. The van der Waals surface area contributed by atoms with E-state index in [-0.39, 0.29) is 24.3 Å². The molecule has 1 aromatic rings. The molecule has 5 heteroatoms. The van der Waals surface area contributed by atoms with Gasteiger partial charge < -0.3 is 16.0 Å². The van der Waals surface area contributed by atoms with E-state index in [2.05, 4.69) is 22.9 Å². The van der Waals surface area contributed by atoms with Crippen molar-refractivity contribution in [2.24, 2.45) is 5.92 Å². The molecule has 3 N–H and O–H groups in total. The van der Waals surface area contributed by atoms with E-state index in [0.717, 1.165) is 31.5 Å². The quantitative estimate of drug-likeness (QED) is 0.765. The Balaban J connectivity index is 1.77. The Morgan fingerprint density at radius 1 is 1.38 bits per heavy atom. The molecular weight excluding hydrogens is 266 g/mol. The highest BCUT2D eigenvalue weighted by Crippen LogP contribution is 2.11. The van der Waals surface area contributed by atoms with Gasteiger partial charge in [-0.25, -0.2) is 0 Å². The summed E-state index contributed by atoms with van der Waals surface area (Å²) in [5.41, 5.74) is 1.94. The first kappa shape index (κ1) is 15.5. The van der Waals surface area contributed by atoms with Crippen LogP contribution in [0.4, 0.5) is 5.69 Å². The molecule has 21 heavy (non-hydrogen) atoms. The van der Waals surface area contributed by atoms with Gasteiger partial charge in [0.1, 0.15) is 0 Å². The minimum Gasteiger partial charge on any atom is -0.347 e. The lowest BCUT2D eigenvalue weighted by Gasteiger charge is -2.21. The molecule has 1 aromatic carbocycles. The molecule has 1 heterocycles. The maximum atomic E-state index is 11.9. The first-order valence-electron chi connectivity index (χ1n) is 7.56. The van der Waals surface area contributed by atoms with Gasteiger partial charge in [0, 0.05) is 12.2 Å². The zero-order valence-corrected chi connectivity index (χ0v) is 12.4. The third-order valence-electron chi connectivity index (χ3n) is 3.71. The van der Waals surface area contributed by atoms with Gasteiger partial charge in [-0.3, -0.25) is 9.59 Å². The van der Waals surface area contributed by atoms with Crippen LogP contribution in [0.5, 0.6) is 0 Å². The van der Waals surface area contributed by atoms with Gasteiger partial charge in [0.05, 0.1) is 12.5 Å². The summed E-state index contributed by atoms with van der Waals surface area (Å²) in [5, 5.41) is 8.71. The van der Waals surface area contributed by atoms with Crippen LogP contribution >= 0.6 is 0 Å². The molecule has 1 unspecified atom stereocenters. The summed E-state index contributed by atoms with van der Waals surface area (Å²) >= 11 is 0. The minimum absolute atomic E-state index is 0.0185. The molecule has 2 rings (SSSR count). The summed E-state index contributed by atoms with van der Waals surface area (Å²) in [5.74, 6) is -0.255. The maximum absolute atomic E-state index is 11.9. The molecule has 0 aromatic heterocycles. The highest BCUT2D eigenvalue weighted by Gasteiger charge is 2.20. The van der Waals surface area contributed by atoms with E-state index in [1.807, 2.05) is 24.3 Å². The summed E-state index contributed by atoms with van der Waals surface area (Å²) in [4.78, 5) is 23.8. The van der Waals surface area contributed by atoms with Gasteiger partial charge in [0.2, 0.25) is 11.8 Å². The molecule has 0 bridgehead atoms. The van der Waals surface area contributed by atoms with E-state index in [4.69, 9.17) is 0 Å². The Morgan fingerprint density at radius 3 is 2.95 bits per heavy atom. The lowest BCUT2D eigenvalue weighted by Crippen LogP contribution is -2.42. The molecule has 1 fully saturated rings. The Bertz CT molecular complexity index is 496. The smallest absolute Gasteiger partial charge is 0.243 e. The monoisotopic (exact) mass is 289 g/mol. The standard InChI is InChI=1S/C16H23N3O2/c1-2-12-5-3-7-14(9-12)19-15(20)11-18-16(21)13-6-4-8-17-10-13/h3,5,7,9,13,17H,2,4,6,8,10-11H2,1H3,(H,18,21)(H,19,20). The predicted molar refractivity (Wildman–Crippen MR) is 83.1 cm³/mol. The van der Waals surface area contributed by atoms with Crippen molar-refractivity contribution in [3.8, 4) is 0 Å². The number of carbonyl (C=O) groups excluding carboxylic acids is 2. The number of aryl methyl sites for hydroxylation is 1. The van der Waals surface area contributed by atoms with Crippen molar-refractivity contribution in [2.45, 2.75) is 26.2 Å². The van der Waals surface area contributed by atoms with Gasteiger partial charge in [0.15, 0.2) is 0 Å². The molecule has 2 amide bonds. The van der Waals surface area contributed by atoms with Crippen LogP contribution in [-0.4, -0.2) is 31.4 Å². The van der Waals surface area contributed by atoms with Crippen LogP contribution in [-0.2, 0) is 16.0 Å². The molecule has 0 aliphatic carbocycles. The van der Waals surface area contributed by atoms with Crippen molar-refractivity contribution < 1.29 is 9.59 Å². The highest BCUT2D eigenvalue weighted by atomic mass is 16.2. The van der Waals surface area contributed by atoms with Crippen molar-refractivity contribution in [1.82, 2.24) is 10.6 Å². The normalized spacial score (nSPS) is 18.0. The average Bonchev–Trinajstić information content (AvgIpc) is 2.53. The molecular formula is C16H23N3O2. The molecule has 5 nitrogen and oxygen atoms in total. The van der Waals surface area contributed by atoms with Crippen LogP contribution in [0.15, 0.2) is 24.3 Å². The van der Waals surface area contributed by atoms with Crippen molar-refractivity contribution in [2.75, 3.05) is 25.0 Å². The minimum atomic E-state index is -0.194. The van der Waals surface area contributed by atoms with E-state index in [1.54, 1.807) is 0 Å². The largest absolute Gasteiger partial charge is 0.347 e. The van der Waals surface area contributed by atoms with E-state index in [9.17, 15) is 9.59 Å². The van der Waals surface area contributed by atoms with Crippen LogP contribution in [0.2, 0.25) is 0 Å². The fraction of sp³-hybridized carbons (Fsp3) is 0.500. The number of carbonyl (C=O) groups is 2. The summed E-state index contributed by atoms with van der Waals surface area (Å²) in [6.07, 6.45) is 2.82. The van der Waals surface area contributed by atoms with Gasteiger partial charge in [-0.05, 0) is 43.5 Å². The number of amides is 2. The molecule has 1 saturated heterocycles. The fourth-order valence-corrected chi connectivity index (χ4v) is 2.46.